The van der Waals surface area contributed by atoms with Gasteiger partial charge in [-0.25, -0.2) is 9.59 Å². The predicted molar refractivity (Wildman–Crippen MR) is 113 cm³/mol. The highest BCUT2D eigenvalue weighted by molar-refractivity contribution is 6.27. The number of carboxylic acid groups (broad SMARTS) is 2. The Morgan fingerprint density at radius 2 is 1.30 bits per heavy atom. The van der Waals surface area contributed by atoms with Crippen molar-refractivity contribution in [2.45, 2.75) is 25.9 Å². The molecular weight excluding hydrogens is 386 g/mol. The van der Waals surface area contributed by atoms with E-state index in [0.717, 1.165) is 17.7 Å². The topological polar surface area (TPSA) is 104 Å². The number of hydrogen-bond donors (Lipinski definition) is 2. The number of aliphatic carboxylic acids is 2. The molecular formula is C23H29NO6. The summed E-state index contributed by atoms with van der Waals surface area (Å²) in [6, 6.07) is 20.1. The molecule has 0 saturated carbocycles. The molecule has 1 unspecified atom stereocenters. The fourth-order valence-corrected chi connectivity index (χ4v) is 3.25. The SMILES string of the molecule is CCC(=O)OC(c1ccccc1)(c1ccccc1)C(C)CN(C)C.O=C(O)C(=O)O. The van der Waals surface area contributed by atoms with Crippen molar-refractivity contribution in [3.05, 3.63) is 71.8 Å². The lowest BCUT2D eigenvalue weighted by Crippen LogP contribution is -2.44. The Labute approximate surface area is 176 Å². The van der Waals surface area contributed by atoms with Gasteiger partial charge >= 0.3 is 17.9 Å². The van der Waals surface area contributed by atoms with Crippen LogP contribution in [0.3, 0.4) is 0 Å². The largest absolute Gasteiger partial charge is 0.473 e. The third-order valence-electron chi connectivity index (χ3n) is 4.48. The fourth-order valence-electron chi connectivity index (χ4n) is 3.25. The molecule has 2 rings (SSSR count). The molecule has 0 aliphatic rings. The van der Waals surface area contributed by atoms with E-state index < -0.39 is 17.5 Å². The molecule has 0 saturated heterocycles. The van der Waals surface area contributed by atoms with Crippen molar-refractivity contribution in [3.63, 3.8) is 0 Å². The van der Waals surface area contributed by atoms with Crippen molar-refractivity contribution in [2.24, 2.45) is 5.92 Å². The third-order valence-corrected chi connectivity index (χ3v) is 4.48. The molecule has 0 aliphatic carbocycles. The van der Waals surface area contributed by atoms with Gasteiger partial charge in [-0.15, -0.1) is 0 Å². The van der Waals surface area contributed by atoms with Gasteiger partial charge in [0.25, 0.3) is 0 Å². The molecule has 0 spiro atoms. The van der Waals surface area contributed by atoms with Gasteiger partial charge in [0, 0.05) is 30.0 Å². The van der Waals surface area contributed by atoms with Crippen LogP contribution in [-0.4, -0.2) is 53.7 Å². The molecule has 2 N–H and O–H groups in total. The second kappa shape index (κ2) is 11.7. The maximum absolute atomic E-state index is 12.3. The van der Waals surface area contributed by atoms with E-state index in [9.17, 15) is 4.79 Å². The first-order valence-electron chi connectivity index (χ1n) is 9.58. The molecule has 1 atom stereocenters. The van der Waals surface area contributed by atoms with Crippen molar-refractivity contribution in [1.82, 2.24) is 4.90 Å². The van der Waals surface area contributed by atoms with Crippen molar-refractivity contribution in [3.8, 4) is 0 Å². The first kappa shape index (κ1) is 24.8. The maximum atomic E-state index is 12.3. The first-order valence-corrected chi connectivity index (χ1v) is 9.58. The molecule has 0 aromatic heterocycles. The van der Waals surface area contributed by atoms with Crippen molar-refractivity contribution in [2.75, 3.05) is 20.6 Å². The summed E-state index contributed by atoms with van der Waals surface area (Å²) in [5.74, 6) is -3.74. The molecule has 2 aromatic rings. The minimum absolute atomic E-state index is 0.0906. The zero-order valence-electron chi connectivity index (χ0n) is 17.7. The molecule has 2 aromatic carbocycles. The summed E-state index contributed by atoms with van der Waals surface area (Å²) in [4.78, 5) is 32.7. The van der Waals surface area contributed by atoms with E-state index in [1.54, 1.807) is 0 Å². The Hall–Kier alpha value is -3.19. The molecule has 0 bridgehead atoms. The molecule has 0 amide bonds. The minimum Gasteiger partial charge on any atom is -0.473 e. The summed E-state index contributed by atoms with van der Waals surface area (Å²) < 4.78 is 6.16. The standard InChI is InChI=1S/C21H27NO2.C2H2O4/c1-5-20(23)24-21(17(2)16-22(3)4,18-12-8-6-9-13-18)19-14-10-7-11-15-19;3-1(4)2(5)6/h6-15,17H,5,16H2,1-4H3;(H,3,4)(H,5,6). The van der Waals surface area contributed by atoms with Crippen LogP contribution in [0.1, 0.15) is 31.4 Å². The number of ether oxygens (including phenoxy) is 1. The Kier molecular flexibility index (Phi) is 9.71. The smallest absolute Gasteiger partial charge is 0.414 e. The second-order valence-corrected chi connectivity index (χ2v) is 7.07. The number of esters is 1. The minimum atomic E-state index is -1.82. The van der Waals surface area contributed by atoms with Gasteiger partial charge in [-0.05, 0) is 14.1 Å². The average molecular weight is 415 g/mol. The van der Waals surface area contributed by atoms with Gasteiger partial charge in [0.2, 0.25) is 0 Å². The Morgan fingerprint density at radius 1 is 0.900 bits per heavy atom. The average Bonchev–Trinajstić information content (AvgIpc) is 2.72. The lowest BCUT2D eigenvalue weighted by molar-refractivity contribution is -0.162. The Bertz CT molecular complexity index is 769. The van der Waals surface area contributed by atoms with Gasteiger partial charge in [-0.2, -0.15) is 0 Å². The zero-order chi connectivity index (χ0) is 22.7. The summed E-state index contributed by atoms with van der Waals surface area (Å²) in [6.07, 6.45) is 0.357. The molecule has 0 fully saturated rings. The van der Waals surface area contributed by atoms with Crippen LogP contribution in [0, 0.1) is 5.92 Å². The summed E-state index contributed by atoms with van der Waals surface area (Å²) in [5, 5.41) is 14.8. The molecule has 0 radical (unpaired) electrons. The van der Waals surface area contributed by atoms with Crippen LogP contribution >= 0.6 is 0 Å². The van der Waals surface area contributed by atoms with Crippen LogP contribution in [0.4, 0.5) is 0 Å². The van der Waals surface area contributed by atoms with E-state index in [-0.39, 0.29) is 11.9 Å². The highest BCUT2D eigenvalue weighted by Gasteiger charge is 2.43. The molecule has 162 valence electrons. The number of carboxylic acids is 2. The number of carbonyl (C=O) groups is 3. The zero-order valence-corrected chi connectivity index (χ0v) is 17.7. The molecule has 30 heavy (non-hydrogen) atoms. The Morgan fingerprint density at radius 3 is 1.60 bits per heavy atom. The van der Waals surface area contributed by atoms with Crippen molar-refractivity contribution in [1.29, 1.82) is 0 Å². The number of nitrogens with zero attached hydrogens (tertiary/aromatic N) is 1. The van der Waals surface area contributed by atoms with Crippen molar-refractivity contribution < 1.29 is 29.3 Å². The molecule has 7 heteroatoms. The number of rotatable bonds is 7. The van der Waals surface area contributed by atoms with Gasteiger partial charge in [-0.3, -0.25) is 4.79 Å². The normalized spacial score (nSPS) is 11.8. The predicted octanol–water partition coefficient (Wildman–Crippen LogP) is 3.24. The van der Waals surface area contributed by atoms with E-state index >= 15 is 0 Å². The third kappa shape index (κ3) is 6.70. The second-order valence-electron chi connectivity index (χ2n) is 7.07. The lowest BCUT2D eigenvalue weighted by atomic mass is 9.76. The molecule has 7 nitrogen and oxygen atoms in total. The van der Waals surface area contributed by atoms with Gasteiger partial charge < -0.3 is 19.8 Å². The number of hydrogen-bond acceptors (Lipinski definition) is 5. The summed E-state index contributed by atoms with van der Waals surface area (Å²) in [7, 11) is 4.08. The van der Waals surface area contributed by atoms with Crippen LogP contribution < -0.4 is 0 Å². The fraction of sp³-hybridized carbons (Fsp3) is 0.348. The van der Waals surface area contributed by atoms with Crippen LogP contribution in [-0.2, 0) is 24.7 Å². The highest BCUT2D eigenvalue weighted by atomic mass is 16.6. The summed E-state index contributed by atoms with van der Waals surface area (Å²) >= 11 is 0. The monoisotopic (exact) mass is 415 g/mol. The van der Waals surface area contributed by atoms with Gasteiger partial charge in [0.05, 0.1) is 0 Å². The van der Waals surface area contributed by atoms with Gasteiger partial charge in [0.15, 0.2) is 5.60 Å². The van der Waals surface area contributed by atoms with E-state index in [0.29, 0.717) is 6.42 Å². The number of benzene rings is 2. The molecule has 0 heterocycles. The maximum Gasteiger partial charge on any atom is 0.414 e. The number of carbonyl (C=O) groups excluding carboxylic acids is 1. The van der Waals surface area contributed by atoms with Crippen LogP contribution in [0.5, 0.6) is 0 Å². The lowest BCUT2D eigenvalue weighted by Gasteiger charge is -2.40. The van der Waals surface area contributed by atoms with Crippen LogP contribution in [0.25, 0.3) is 0 Å². The summed E-state index contributed by atoms with van der Waals surface area (Å²) in [5.41, 5.74) is 1.22. The van der Waals surface area contributed by atoms with E-state index in [1.807, 2.05) is 81.7 Å². The van der Waals surface area contributed by atoms with Crippen LogP contribution in [0.15, 0.2) is 60.7 Å². The van der Waals surface area contributed by atoms with Gasteiger partial charge in [-0.1, -0.05) is 74.5 Å². The quantitative estimate of drug-likeness (QED) is 0.528. The van der Waals surface area contributed by atoms with Crippen molar-refractivity contribution >= 4 is 17.9 Å². The van der Waals surface area contributed by atoms with E-state index in [1.165, 1.54) is 0 Å². The van der Waals surface area contributed by atoms with E-state index in [2.05, 4.69) is 11.8 Å². The Balaban J connectivity index is 0.000000656. The summed E-state index contributed by atoms with van der Waals surface area (Å²) in [6.45, 7) is 4.78. The van der Waals surface area contributed by atoms with Crippen LogP contribution in [0.2, 0.25) is 0 Å². The van der Waals surface area contributed by atoms with Gasteiger partial charge in [0.1, 0.15) is 0 Å². The van der Waals surface area contributed by atoms with E-state index in [4.69, 9.17) is 24.5 Å². The first-order chi connectivity index (χ1) is 14.1. The highest BCUT2D eigenvalue weighted by Crippen LogP contribution is 2.41. The molecule has 0 aliphatic heterocycles.